The van der Waals surface area contributed by atoms with E-state index in [1.165, 1.54) is 42.2 Å². The molecule has 24 heavy (non-hydrogen) atoms. The fourth-order valence-electron chi connectivity index (χ4n) is 3.18. The van der Waals surface area contributed by atoms with E-state index in [4.69, 9.17) is 0 Å². The molecule has 1 aromatic heterocycles. The number of aryl methyl sites for hydroxylation is 1. The average molecular weight is 463 g/mol. The van der Waals surface area contributed by atoms with Crippen LogP contribution in [0.3, 0.4) is 0 Å². The molecule has 1 saturated carbocycles. The van der Waals surface area contributed by atoms with Crippen molar-refractivity contribution in [3.05, 3.63) is 16.1 Å². The lowest BCUT2D eigenvalue weighted by Gasteiger charge is -2.17. The molecule has 136 valence electrons. The van der Waals surface area contributed by atoms with Crippen molar-refractivity contribution in [2.24, 2.45) is 10.9 Å². The summed E-state index contributed by atoms with van der Waals surface area (Å²) in [4.78, 5) is 12.8. The zero-order valence-electron chi connectivity index (χ0n) is 14.8. The molecule has 0 bridgehead atoms. The van der Waals surface area contributed by atoms with E-state index < -0.39 is 0 Å². The molecule has 1 unspecified atom stereocenters. The highest BCUT2D eigenvalue weighted by molar-refractivity contribution is 14.0. The van der Waals surface area contributed by atoms with Crippen molar-refractivity contribution in [2.75, 3.05) is 33.2 Å². The predicted octanol–water partition coefficient (Wildman–Crippen LogP) is 2.52. The number of thiazole rings is 1. The van der Waals surface area contributed by atoms with Gasteiger partial charge in [0.2, 0.25) is 0 Å². The Balaban J connectivity index is 0.00000208. The molecule has 2 aliphatic rings. The van der Waals surface area contributed by atoms with Gasteiger partial charge in [0.15, 0.2) is 5.96 Å². The Labute approximate surface area is 166 Å². The topological polar surface area (TPSA) is 52.6 Å². The van der Waals surface area contributed by atoms with Crippen LogP contribution in [0.4, 0.5) is 0 Å². The quantitative estimate of drug-likeness (QED) is 0.371. The minimum Gasteiger partial charge on any atom is -0.356 e. The predicted molar refractivity (Wildman–Crippen MR) is 113 cm³/mol. The molecule has 1 aliphatic heterocycles. The Morgan fingerprint density at radius 1 is 1.38 bits per heavy atom. The molecule has 1 atom stereocenters. The molecule has 2 N–H and O–H groups in total. The lowest BCUT2D eigenvalue weighted by molar-refractivity contribution is 0.314. The van der Waals surface area contributed by atoms with Gasteiger partial charge in [-0.3, -0.25) is 4.99 Å². The van der Waals surface area contributed by atoms with Crippen molar-refractivity contribution in [3.8, 4) is 0 Å². The molecule has 1 saturated heterocycles. The van der Waals surface area contributed by atoms with Crippen molar-refractivity contribution >= 4 is 41.3 Å². The maximum Gasteiger partial charge on any atom is 0.191 e. The van der Waals surface area contributed by atoms with Gasteiger partial charge in [-0.1, -0.05) is 6.92 Å². The van der Waals surface area contributed by atoms with E-state index in [0.29, 0.717) is 0 Å². The Morgan fingerprint density at radius 3 is 2.88 bits per heavy atom. The summed E-state index contributed by atoms with van der Waals surface area (Å²) < 4.78 is 0. The number of guanidine groups is 1. The minimum atomic E-state index is 0. The minimum absolute atomic E-state index is 0. The van der Waals surface area contributed by atoms with Crippen molar-refractivity contribution in [1.29, 1.82) is 0 Å². The van der Waals surface area contributed by atoms with Crippen LogP contribution in [0.2, 0.25) is 0 Å². The third-order valence-corrected chi connectivity index (χ3v) is 5.94. The van der Waals surface area contributed by atoms with Crippen LogP contribution in [-0.2, 0) is 12.8 Å². The molecular formula is C17H30IN5S. The first-order valence-corrected chi connectivity index (χ1v) is 9.72. The largest absolute Gasteiger partial charge is 0.356 e. The first kappa shape index (κ1) is 19.9. The van der Waals surface area contributed by atoms with Crippen LogP contribution in [0.15, 0.2) is 11.2 Å². The first-order chi connectivity index (χ1) is 11.3. The van der Waals surface area contributed by atoms with Gasteiger partial charge in [0, 0.05) is 50.2 Å². The molecule has 7 heteroatoms. The lowest BCUT2D eigenvalue weighted by atomic mass is 10.1. The van der Waals surface area contributed by atoms with Gasteiger partial charge < -0.3 is 15.5 Å². The summed E-state index contributed by atoms with van der Waals surface area (Å²) >= 11 is 1.82. The summed E-state index contributed by atoms with van der Waals surface area (Å²) in [5.74, 6) is 1.68. The molecule has 1 aliphatic carbocycles. The number of aromatic nitrogens is 1. The van der Waals surface area contributed by atoms with E-state index in [0.717, 1.165) is 43.9 Å². The number of nitrogens with one attached hydrogen (secondary N) is 2. The molecule has 0 radical (unpaired) electrons. The second-order valence-corrected chi connectivity index (χ2v) is 7.78. The summed E-state index contributed by atoms with van der Waals surface area (Å²) in [6, 6.07) is 0.906. The summed E-state index contributed by atoms with van der Waals surface area (Å²) in [5, 5.41) is 8.11. The van der Waals surface area contributed by atoms with E-state index in [2.05, 4.69) is 32.4 Å². The third kappa shape index (κ3) is 5.84. The van der Waals surface area contributed by atoms with E-state index in [9.17, 15) is 0 Å². The summed E-state index contributed by atoms with van der Waals surface area (Å²) in [7, 11) is 1.85. The fourth-order valence-corrected chi connectivity index (χ4v) is 4.04. The van der Waals surface area contributed by atoms with Gasteiger partial charge in [-0.15, -0.1) is 35.3 Å². The van der Waals surface area contributed by atoms with Gasteiger partial charge in [0.25, 0.3) is 0 Å². The Morgan fingerprint density at radius 2 is 2.21 bits per heavy atom. The molecular weight excluding hydrogens is 433 g/mol. The second-order valence-electron chi connectivity index (χ2n) is 6.58. The fraction of sp³-hybridized carbons (Fsp3) is 0.765. The third-order valence-electron chi connectivity index (χ3n) is 4.74. The number of hydrogen-bond donors (Lipinski definition) is 2. The Bertz CT molecular complexity index is 529. The van der Waals surface area contributed by atoms with Crippen LogP contribution in [0, 0.1) is 5.92 Å². The molecule has 5 nitrogen and oxygen atoms in total. The SMILES string of the molecule is CCc1cnc(CCNC(=NC)NCC2CCN(C3CC3)C2)s1.I. The van der Waals surface area contributed by atoms with Crippen molar-refractivity contribution < 1.29 is 0 Å². The van der Waals surface area contributed by atoms with Gasteiger partial charge in [0.05, 0.1) is 5.01 Å². The van der Waals surface area contributed by atoms with Crippen LogP contribution in [-0.4, -0.2) is 55.1 Å². The van der Waals surface area contributed by atoms with Crippen LogP contribution < -0.4 is 10.6 Å². The zero-order chi connectivity index (χ0) is 16.1. The molecule has 1 aromatic rings. The molecule has 0 amide bonds. The molecule has 2 fully saturated rings. The molecule has 0 aromatic carbocycles. The Hall–Kier alpha value is -0.410. The van der Waals surface area contributed by atoms with Gasteiger partial charge in [-0.2, -0.15) is 0 Å². The standard InChI is InChI=1S/C17H29N5S.HI/c1-3-15-11-20-16(23-15)6-8-19-17(18-2)21-10-13-7-9-22(12-13)14-4-5-14;/h11,13-14H,3-10,12H2,1-2H3,(H2,18,19,21);1H. The number of hydrogen-bond acceptors (Lipinski definition) is 4. The van der Waals surface area contributed by atoms with Crippen LogP contribution in [0.1, 0.15) is 36.1 Å². The molecule has 2 heterocycles. The molecule has 3 rings (SSSR count). The van der Waals surface area contributed by atoms with Gasteiger partial charge >= 0.3 is 0 Å². The summed E-state index contributed by atoms with van der Waals surface area (Å²) in [6.07, 6.45) is 8.19. The maximum atomic E-state index is 4.46. The van der Waals surface area contributed by atoms with Crippen molar-refractivity contribution in [1.82, 2.24) is 20.5 Å². The van der Waals surface area contributed by atoms with E-state index in [-0.39, 0.29) is 24.0 Å². The van der Waals surface area contributed by atoms with Crippen LogP contribution in [0.5, 0.6) is 0 Å². The van der Waals surface area contributed by atoms with Gasteiger partial charge in [0.1, 0.15) is 0 Å². The highest BCUT2D eigenvalue weighted by Crippen LogP contribution is 2.31. The highest BCUT2D eigenvalue weighted by Gasteiger charge is 2.34. The van der Waals surface area contributed by atoms with Gasteiger partial charge in [-0.05, 0) is 38.1 Å². The van der Waals surface area contributed by atoms with E-state index in [1.54, 1.807) is 0 Å². The number of nitrogens with zero attached hydrogens (tertiary/aromatic N) is 3. The number of halogens is 1. The summed E-state index contributed by atoms with van der Waals surface area (Å²) in [5.41, 5.74) is 0. The maximum absolute atomic E-state index is 4.46. The van der Waals surface area contributed by atoms with E-state index in [1.807, 2.05) is 24.6 Å². The van der Waals surface area contributed by atoms with E-state index >= 15 is 0 Å². The van der Waals surface area contributed by atoms with Gasteiger partial charge in [-0.25, -0.2) is 4.98 Å². The zero-order valence-corrected chi connectivity index (χ0v) is 17.9. The monoisotopic (exact) mass is 463 g/mol. The van der Waals surface area contributed by atoms with Crippen LogP contribution >= 0.6 is 35.3 Å². The highest BCUT2D eigenvalue weighted by atomic mass is 127. The normalized spacial score (nSPS) is 21.6. The second kappa shape index (κ2) is 9.91. The molecule has 0 spiro atoms. The smallest absolute Gasteiger partial charge is 0.191 e. The number of rotatable bonds is 7. The summed E-state index contributed by atoms with van der Waals surface area (Å²) in [6.45, 7) is 6.63. The van der Waals surface area contributed by atoms with Crippen LogP contribution in [0.25, 0.3) is 0 Å². The lowest BCUT2D eigenvalue weighted by Crippen LogP contribution is -2.41. The Kier molecular flexibility index (Phi) is 8.22. The first-order valence-electron chi connectivity index (χ1n) is 8.90. The average Bonchev–Trinajstić information content (AvgIpc) is 3.14. The van der Waals surface area contributed by atoms with Crippen molar-refractivity contribution in [2.45, 2.75) is 45.1 Å². The van der Waals surface area contributed by atoms with Crippen molar-refractivity contribution in [3.63, 3.8) is 0 Å². The number of aliphatic imine (C=N–C) groups is 1. The number of likely N-dealkylation sites (tertiary alicyclic amines) is 1.